The number of benzene rings is 1. The molecule has 1 aromatic rings. The van der Waals surface area contributed by atoms with E-state index in [-0.39, 0.29) is 0 Å². The van der Waals surface area contributed by atoms with Crippen molar-refractivity contribution < 1.29 is 0 Å². The highest BCUT2D eigenvalue weighted by molar-refractivity contribution is 5.62. The largest absolute Gasteiger partial charge is 0.368 e. The van der Waals surface area contributed by atoms with Crippen LogP contribution in [0.25, 0.3) is 0 Å². The van der Waals surface area contributed by atoms with Gasteiger partial charge in [0.15, 0.2) is 0 Å². The van der Waals surface area contributed by atoms with Crippen molar-refractivity contribution in [2.45, 2.75) is 13.8 Å². The first-order valence-corrected chi connectivity index (χ1v) is 6.06. The first-order chi connectivity index (χ1) is 8.11. The molecular weight excluding hydrogens is 210 g/mol. The Hall–Kier alpha value is -1.53. The fourth-order valence-electron chi connectivity index (χ4n) is 2.20. The van der Waals surface area contributed by atoms with Crippen molar-refractivity contribution in [2.75, 3.05) is 38.1 Å². The molecule has 0 spiro atoms. The van der Waals surface area contributed by atoms with E-state index in [1.807, 2.05) is 6.07 Å². The van der Waals surface area contributed by atoms with Crippen LogP contribution < -0.4 is 4.90 Å². The maximum absolute atomic E-state index is 9.23. The summed E-state index contributed by atoms with van der Waals surface area (Å²) >= 11 is 0. The highest BCUT2D eigenvalue weighted by atomic mass is 15.2. The molecular formula is C14H19N3. The smallest absolute Gasteiger partial charge is 0.101 e. The predicted molar refractivity (Wildman–Crippen MR) is 70.3 cm³/mol. The van der Waals surface area contributed by atoms with Gasteiger partial charge in [-0.05, 0) is 44.2 Å². The molecule has 1 aromatic carbocycles. The Morgan fingerprint density at radius 2 is 1.65 bits per heavy atom. The molecule has 1 heterocycles. The number of rotatable bonds is 1. The van der Waals surface area contributed by atoms with Crippen LogP contribution in [0.5, 0.6) is 0 Å². The van der Waals surface area contributed by atoms with Crippen molar-refractivity contribution in [3.63, 3.8) is 0 Å². The van der Waals surface area contributed by atoms with Gasteiger partial charge in [-0.3, -0.25) is 0 Å². The molecule has 3 heteroatoms. The molecule has 0 amide bonds. The zero-order chi connectivity index (χ0) is 12.4. The molecule has 90 valence electrons. The fourth-order valence-corrected chi connectivity index (χ4v) is 2.20. The van der Waals surface area contributed by atoms with Crippen LogP contribution in [0.15, 0.2) is 12.1 Å². The van der Waals surface area contributed by atoms with Gasteiger partial charge in [0.25, 0.3) is 0 Å². The number of nitriles is 1. The van der Waals surface area contributed by atoms with Crippen LogP contribution in [0.2, 0.25) is 0 Å². The van der Waals surface area contributed by atoms with E-state index in [4.69, 9.17) is 0 Å². The van der Waals surface area contributed by atoms with Gasteiger partial charge in [-0.15, -0.1) is 0 Å². The molecule has 0 aliphatic carbocycles. The fraction of sp³-hybridized carbons (Fsp3) is 0.500. The zero-order valence-corrected chi connectivity index (χ0v) is 10.8. The van der Waals surface area contributed by atoms with Crippen molar-refractivity contribution in [2.24, 2.45) is 0 Å². The molecule has 1 aliphatic rings. The molecule has 0 bridgehead atoms. The van der Waals surface area contributed by atoms with Crippen molar-refractivity contribution in [1.29, 1.82) is 5.26 Å². The highest BCUT2D eigenvalue weighted by Crippen LogP contribution is 2.25. The third-order valence-corrected chi connectivity index (χ3v) is 3.58. The Morgan fingerprint density at radius 1 is 1.06 bits per heavy atom. The number of aryl methyl sites for hydroxylation is 2. The van der Waals surface area contributed by atoms with Crippen LogP contribution in [0.4, 0.5) is 5.69 Å². The average Bonchev–Trinajstić information content (AvgIpc) is 2.33. The Labute approximate surface area is 103 Å². The average molecular weight is 229 g/mol. The normalized spacial score (nSPS) is 16.9. The summed E-state index contributed by atoms with van der Waals surface area (Å²) in [5.41, 5.74) is 4.36. The molecule has 17 heavy (non-hydrogen) atoms. The topological polar surface area (TPSA) is 30.3 Å². The van der Waals surface area contributed by atoms with Crippen LogP contribution in [0, 0.1) is 25.2 Å². The van der Waals surface area contributed by atoms with Crippen LogP contribution >= 0.6 is 0 Å². The van der Waals surface area contributed by atoms with Crippen molar-refractivity contribution >= 4 is 5.69 Å². The highest BCUT2D eigenvalue weighted by Gasteiger charge is 2.17. The third kappa shape index (κ3) is 2.42. The number of likely N-dealkylation sites (N-methyl/N-ethyl adjacent to an activating group) is 1. The number of anilines is 1. The first-order valence-electron chi connectivity index (χ1n) is 6.06. The summed E-state index contributed by atoms with van der Waals surface area (Å²) in [6.45, 7) is 8.32. The minimum Gasteiger partial charge on any atom is -0.368 e. The minimum atomic E-state index is 0.803. The van der Waals surface area contributed by atoms with E-state index in [1.54, 1.807) is 0 Å². The van der Waals surface area contributed by atoms with E-state index in [0.717, 1.165) is 37.4 Å². The summed E-state index contributed by atoms with van der Waals surface area (Å²) in [6, 6.07) is 6.47. The predicted octanol–water partition coefficient (Wildman–Crippen LogP) is 1.93. The van der Waals surface area contributed by atoms with Gasteiger partial charge in [0.2, 0.25) is 0 Å². The first kappa shape index (κ1) is 11.9. The van der Waals surface area contributed by atoms with Crippen LogP contribution in [0.3, 0.4) is 0 Å². The minimum absolute atomic E-state index is 0.803. The van der Waals surface area contributed by atoms with E-state index in [2.05, 4.69) is 42.8 Å². The maximum atomic E-state index is 9.23. The van der Waals surface area contributed by atoms with Gasteiger partial charge in [-0.25, -0.2) is 0 Å². The van der Waals surface area contributed by atoms with Crippen LogP contribution in [0.1, 0.15) is 16.7 Å². The summed E-state index contributed by atoms with van der Waals surface area (Å²) in [4.78, 5) is 4.65. The summed E-state index contributed by atoms with van der Waals surface area (Å²) in [6.07, 6.45) is 0. The summed E-state index contributed by atoms with van der Waals surface area (Å²) in [7, 11) is 2.14. The molecule has 0 aromatic heterocycles. The van der Waals surface area contributed by atoms with Crippen molar-refractivity contribution in [3.05, 3.63) is 28.8 Å². The Balaban J connectivity index is 2.32. The molecule has 1 saturated heterocycles. The van der Waals surface area contributed by atoms with Crippen molar-refractivity contribution in [1.82, 2.24) is 4.90 Å². The third-order valence-electron chi connectivity index (χ3n) is 3.58. The second-order valence-electron chi connectivity index (χ2n) is 4.86. The molecule has 0 N–H and O–H groups in total. The summed E-state index contributed by atoms with van der Waals surface area (Å²) < 4.78 is 0. The van der Waals surface area contributed by atoms with E-state index in [9.17, 15) is 5.26 Å². The Bertz CT molecular complexity index is 451. The number of hydrogen-bond acceptors (Lipinski definition) is 3. The van der Waals surface area contributed by atoms with Crippen LogP contribution in [-0.4, -0.2) is 38.1 Å². The Morgan fingerprint density at radius 3 is 2.24 bits per heavy atom. The van der Waals surface area contributed by atoms with Gasteiger partial charge in [0, 0.05) is 26.2 Å². The summed E-state index contributed by atoms with van der Waals surface area (Å²) in [5.74, 6) is 0. The zero-order valence-electron chi connectivity index (χ0n) is 10.8. The van der Waals surface area contributed by atoms with Gasteiger partial charge in [0.1, 0.15) is 6.07 Å². The van der Waals surface area contributed by atoms with Gasteiger partial charge >= 0.3 is 0 Å². The number of nitrogens with zero attached hydrogens (tertiary/aromatic N) is 3. The quantitative estimate of drug-likeness (QED) is 0.737. The lowest BCUT2D eigenvalue weighted by atomic mass is 10.0. The van der Waals surface area contributed by atoms with E-state index < -0.39 is 0 Å². The van der Waals surface area contributed by atoms with Gasteiger partial charge < -0.3 is 9.80 Å². The van der Waals surface area contributed by atoms with E-state index in [0.29, 0.717) is 0 Å². The van der Waals surface area contributed by atoms with E-state index >= 15 is 0 Å². The van der Waals surface area contributed by atoms with Gasteiger partial charge in [-0.2, -0.15) is 5.26 Å². The lowest BCUT2D eigenvalue weighted by Gasteiger charge is -2.34. The molecule has 3 nitrogen and oxygen atoms in total. The second-order valence-corrected chi connectivity index (χ2v) is 4.86. The van der Waals surface area contributed by atoms with E-state index in [1.165, 1.54) is 11.1 Å². The van der Waals surface area contributed by atoms with Crippen LogP contribution in [-0.2, 0) is 0 Å². The molecule has 2 rings (SSSR count). The molecule has 0 saturated carbocycles. The second kappa shape index (κ2) is 4.77. The standard InChI is InChI=1S/C14H19N3/c1-11-8-13(10-15)14(9-12(11)2)17-6-4-16(3)5-7-17/h8-9H,4-7H2,1-3H3. The number of piperazine rings is 1. The Kier molecular flexibility index (Phi) is 3.35. The maximum Gasteiger partial charge on any atom is 0.101 e. The number of hydrogen-bond donors (Lipinski definition) is 0. The summed E-state index contributed by atoms with van der Waals surface area (Å²) in [5, 5.41) is 9.23. The SMILES string of the molecule is Cc1cc(C#N)c(N2CCN(C)CC2)cc1C. The molecule has 1 aliphatic heterocycles. The van der Waals surface area contributed by atoms with Gasteiger partial charge in [0.05, 0.1) is 11.3 Å². The van der Waals surface area contributed by atoms with Gasteiger partial charge in [-0.1, -0.05) is 0 Å². The molecule has 0 atom stereocenters. The molecule has 1 fully saturated rings. The molecule has 0 unspecified atom stereocenters. The van der Waals surface area contributed by atoms with Crippen molar-refractivity contribution in [3.8, 4) is 6.07 Å². The molecule has 0 radical (unpaired) electrons. The monoisotopic (exact) mass is 229 g/mol. The lowest BCUT2D eigenvalue weighted by molar-refractivity contribution is 0.313. The lowest BCUT2D eigenvalue weighted by Crippen LogP contribution is -2.44.